The largest absolute Gasteiger partial charge is 0.493 e. The number of nitrogens with one attached hydrogen (secondary N) is 1. The molecule has 16 heteroatoms. The number of aromatic amines is 1. The lowest BCUT2D eigenvalue weighted by Gasteiger charge is -2.35. The van der Waals surface area contributed by atoms with E-state index < -0.39 is 17.5 Å². The minimum atomic E-state index is -0.698. The maximum atomic E-state index is 16.8. The lowest BCUT2D eigenvalue weighted by molar-refractivity contribution is -0.131. The molecule has 2 saturated heterocycles. The minimum Gasteiger partial charge on any atom is -0.493 e. The van der Waals surface area contributed by atoms with Crippen LogP contribution in [-0.4, -0.2) is 117 Å². The summed E-state index contributed by atoms with van der Waals surface area (Å²) in [6.07, 6.45) is 8.65. The van der Waals surface area contributed by atoms with Crippen LogP contribution in [0.15, 0.2) is 61.1 Å². The molecule has 0 bridgehead atoms. The summed E-state index contributed by atoms with van der Waals surface area (Å²) in [7, 11) is 1.44. The highest BCUT2D eigenvalue weighted by atomic mass is 19.1. The zero-order valence-electron chi connectivity index (χ0n) is 30.8. The number of likely N-dealkylation sites (tertiary alicyclic amines) is 1. The van der Waals surface area contributed by atoms with Crippen molar-refractivity contribution in [3.8, 4) is 16.9 Å². The number of methoxy groups -OCH3 is 1. The SMILES string of the molecule is COc1cc(F)cnc1N1CCN(C(=O)c2cc3c(-c4ccc(C(=O)N5CCCC5)c(F)c4)cc(C4=CCCN(C(=O)CCn5ccnn5)C4)c(F)c3[nH]2)CC1. The summed E-state index contributed by atoms with van der Waals surface area (Å²) in [6, 6.07) is 8.85. The number of amides is 3. The number of nitrogens with zero attached hydrogens (tertiary/aromatic N) is 8. The lowest BCUT2D eigenvalue weighted by Crippen LogP contribution is -2.49. The van der Waals surface area contributed by atoms with E-state index in [2.05, 4.69) is 20.3 Å². The number of aromatic nitrogens is 5. The molecule has 2 fully saturated rings. The minimum absolute atomic E-state index is 0.0400. The Kier molecular flexibility index (Phi) is 10.2. The number of aryl methyl sites for hydroxylation is 1. The number of fused-ring (bicyclic) bond motifs is 1. The van der Waals surface area contributed by atoms with E-state index in [4.69, 9.17) is 4.74 Å². The Morgan fingerprint density at radius 2 is 1.66 bits per heavy atom. The smallest absolute Gasteiger partial charge is 0.270 e. The molecule has 0 saturated carbocycles. The van der Waals surface area contributed by atoms with Gasteiger partial charge in [-0.25, -0.2) is 18.2 Å². The Hall–Kier alpha value is -6.19. The number of benzene rings is 2. The Balaban J connectivity index is 1.11. The van der Waals surface area contributed by atoms with Gasteiger partial charge in [-0.1, -0.05) is 17.4 Å². The molecule has 0 aliphatic carbocycles. The van der Waals surface area contributed by atoms with Crippen molar-refractivity contribution in [1.82, 2.24) is 39.7 Å². The first-order chi connectivity index (χ1) is 27.2. The van der Waals surface area contributed by atoms with Gasteiger partial charge in [-0.15, -0.1) is 5.10 Å². The van der Waals surface area contributed by atoms with Crippen LogP contribution in [0.25, 0.3) is 27.6 Å². The van der Waals surface area contributed by atoms with Gasteiger partial charge in [0, 0.05) is 82.0 Å². The molecule has 290 valence electrons. The van der Waals surface area contributed by atoms with Crippen LogP contribution in [0, 0.1) is 17.5 Å². The van der Waals surface area contributed by atoms with Crippen LogP contribution in [0.2, 0.25) is 0 Å². The lowest BCUT2D eigenvalue weighted by atomic mass is 9.92. The van der Waals surface area contributed by atoms with Crippen molar-refractivity contribution < 1.29 is 32.3 Å². The van der Waals surface area contributed by atoms with Crippen molar-refractivity contribution in [2.45, 2.75) is 32.2 Å². The molecule has 2 aromatic carbocycles. The van der Waals surface area contributed by atoms with Crippen molar-refractivity contribution in [2.24, 2.45) is 0 Å². The average Bonchev–Trinajstić information content (AvgIpc) is 4.03. The molecule has 1 N–H and O–H groups in total. The fourth-order valence-corrected chi connectivity index (χ4v) is 7.76. The number of halogens is 3. The molecule has 13 nitrogen and oxygen atoms in total. The average molecular weight is 768 g/mol. The first kappa shape index (κ1) is 36.8. The summed E-state index contributed by atoms with van der Waals surface area (Å²) in [6.45, 7) is 3.53. The number of piperazine rings is 1. The van der Waals surface area contributed by atoms with Crippen molar-refractivity contribution in [1.29, 1.82) is 0 Å². The molecule has 3 aliphatic heterocycles. The molecule has 5 aromatic rings. The molecule has 0 spiro atoms. The molecular weight excluding hydrogens is 727 g/mol. The topological polar surface area (TPSA) is 133 Å². The fourth-order valence-electron chi connectivity index (χ4n) is 7.76. The second kappa shape index (κ2) is 15.5. The molecule has 3 aromatic heterocycles. The number of ether oxygens (including phenoxy) is 1. The van der Waals surface area contributed by atoms with E-state index in [-0.39, 0.29) is 58.8 Å². The van der Waals surface area contributed by atoms with Crippen LogP contribution < -0.4 is 9.64 Å². The molecule has 8 rings (SSSR count). The Morgan fingerprint density at radius 1 is 0.875 bits per heavy atom. The number of carbonyl (C=O) groups excluding carboxylic acids is 3. The van der Waals surface area contributed by atoms with Crippen LogP contribution in [-0.2, 0) is 11.3 Å². The van der Waals surface area contributed by atoms with Crippen LogP contribution in [0.5, 0.6) is 5.75 Å². The van der Waals surface area contributed by atoms with Crippen molar-refractivity contribution >= 4 is 40.0 Å². The van der Waals surface area contributed by atoms with Gasteiger partial charge in [0.25, 0.3) is 11.8 Å². The second-order valence-electron chi connectivity index (χ2n) is 14.2. The van der Waals surface area contributed by atoms with Gasteiger partial charge in [-0.05, 0) is 60.2 Å². The summed E-state index contributed by atoms with van der Waals surface area (Å²) in [5.74, 6) is -1.91. The van der Waals surface area contributed by atoms with Gasteiger partial charge in [0.05, 0.1) is 37.1 Å². The number of H-pyrrole nitrogens is 1. The van der Waals surface area contributed by atoms with Gasteiger partial charge in [-0.2, -0.15) is 0 Å². The zero-order valence-corrected chi connectivity index (χ0v) is 30.8. The van der Waals surface area contributed by atoms with E-state index in [1.807, 2.05) is 11.0 Å². The Labute approximate surface area is 320 Å². The Morgan fingerprint density at radius 3 is 2.39 bits per heavy atom. The number of hydrogen-bond donors (Lipinski definition) is 1. The number of hydrogen-bond acceptors (Lipinski definition) is 8. The maximum Gasteiger partial charge on any atom is 0.270 e. The van der Waals surface area contributed by atoms with Gasteiger partial charge < -0.3 is 29.3 Å². The van der Waals surface area contributed by atoms with Gasteiger partial charge in [-0.3, -0.25) is 19.1 Å². The number of pyridine rings is 1. The zero-order chi connectivity index (χ0) is 38.9. The molecule has 0 radical (unpaired) electrons. The summed E-state index contributed by atoms with van der Waals surface area (Å²) < 4.78 is 53.3. The highest BCUT2D eigenvalue weighted by molar-refractivity contribution is 6.05. The Bertz CT molecular complexity index is 2330. The van der Waals surface area contributed by atoms with E-state index in [0.29, 0.717) is 86.7 Å². The number of carbonyl (C=O) groups is 3. The van der Waals surface area contributed by atoms with E-state index in [1.54, 1.807) is 50.0 Å². The first-order valence-electron chi connectivity index (χ1n) is 18.7. The molecule has 6 heterocycles. The van der Waals surface area contributed by atoms with Crippen molar-refractivity contribution in [2.75, 3.05) is 64.4 Å². The summed E-state index contributed by atoms with van der Waals surface area (Å²) in [5.41, 5.74) is 1.82. The number of rotatable bonds is 9. The molecular formula is C40H40F3N9O4. The van der Waals surface area contributed by atoms with Crippen molar-refractivity contribution in [3.05, 3.63) is 95.3 Å². The van der Waals surface area contributed by atoms with Gasteiger partial charge in [0.1, 0.15) is 17.3 Å². The van der Waals surface area contributed by atoms with Crippen LogP contribution >= 0.6 is 0 Å². The predicted octanol–water partition coefficient (Wildman–Crippen LogP) is 5.15. The third-order valence-electron chi connectivity index (χ3n) is 10.7. The molecule has 0 unspecified atom stereocenters. The van der Waals surface area contributed by atoms with Gasteiger partial charge in [0.15, 0.2) is 17.4 Å². The monoisotopic (exact) mass is 767 g/mol. The van der Waals surface area contributed by atoms with Crippen LogP contribution in [0.1, 0.15) is 52.1 Å². The third-order valence-corrected chi connectivity index (χ3v) is 10.7. The highest BCUT2D eigenvalue weighted by Gasteiger charge is 2.29. The van der Waals surface area contributed by atoms with Crippen LogP contribution in [0.4, 0.5) is 19.0 Å². The molecule has 0 atom stereocenters. The molecule has 56 heavy (non-hydrogen) atoms. The van der Waals surface area contributed by atoms with Crippen LogP contribution in [0.3, 0.4) is 0 Å². The van der Waals surface area contributed by atoms with E-state index in [0.717, 1.165) is 19.0 Å². The quantitative estimate of drug-likeness (QED) is 0.218. The van der Waals surface area contributed by atoms with E-state index in [9.17, 15) is 18.8 Å². The first-order valence-corrected chi connectivity index (χ1v) is 18.7. The second-order valence-corrected chi connectivity index (χ2v) is 14.2. The summed E-state index contributed by atoms with van der Waals surface area (Å²) >= 11 is 0. The normalized spacial score (nSPS) is 16.1. The summed E-state index contributed by atoms with van der Waals surface area (Å²) in [5, 5.41) is 8.07. The standard InChI is InChI=1S/C40H40F3N9O4/c1-56-34-20-27(41)23-44-38(34)48-15-17-50(18-16-48)40(55)33-22-31-29(25-6-7-28(32(42)19-25)39(54)49-10-2-3-11-49)21-30(36(43)37(31)46-33)26-5-4-12-51(24-26)35(53)8-13-52-14-9-45-47-52/h5-7,9,14,19-23,46H,2-4,8,10-13,15-18,24H2,1H3. The highest BCUT2D eigenvalue weighted by Crippen LogP contribution is 2.38. The fraction of sp³-hybridized carbons (Fsp3) is 0.350. The third kappa shape index (κ3) is 7.18. The molecule has 3 amide bonds. The summed E-state index contributed by atoms with van der Waals surface area (Å²) in [4.78, 5) is 54.4. The maximum absolute atomic E-state index is 16.8. The molecule has 3 aliphatic rings. The number of anilines is 1. The van der Waals surface area contributed by atoms with Gasteiger partial charge in [0.2, 0.25) is 5.91 Å². The van der Waals surface area contributed by atoms with Gasteiger partial charge >= 0.3 is 0 Å². The predicted molar refractivity (Wildman–Crippen MR) is 201 cm³/mol. The van der Waals surface area contributed by atoms with Crippen molar-refractivity contribution in [3.63, 3.8) is 0 Å². The van der Waals surface area contributed by atoms with E-state index >= 15 is 8.78 Å². The van der Waals surface area contributed by atoms with E-state index in [1.165, 1.54) is 25.3 Å².